The Labute approximate surface area is 156 Å². The molecule has 0 unspecified atom stereocenters. The number of nitrogens with zero attached hydrogens (tertiary/aromatic N) is 2. The first-order valence-corrected chi connectivity index (χ1v) is 8.70. The molecule has 2 heterocycles. The SMILES string of the molecule is COc1ccc(CNc2cc(N3CC[C@@H](NC(=O)O)C3)cc(Cl)n2)cc1. The van der Waals surface area contributed by atoms with Crippen molar-refractivity contribution in [1.82, 2.24) is 10.3 Å². The lowest BCUT2D eigenvalue weighted by molar-refractivity contribution is 0.191. The van der Waals surface area contributed by atoms with Crippen molar-refractivity contribution in [3.8, 4) is 5.75 Å². The second-order valence-electron chi connectivity index (χ2n) is 6.12. The molecular formula is C18H21ClN4O3. The van der Waals surface area contributed by atoms with Gasteiger partial charge in [-0.2, -0.15) is 0 Å². The Morgan fingerprint density at radius 3 is 2.85 bits per heavy atom. The largest absolute Gasteiger partial charge is 0.497 e. The van der Waals surface area contributed by atoms with Gasteiger partial charge in [0.2, 0.25) is 0 Å². The topological polar surface area (TPSA) is 86.7 Å². The van der Waals surface area contributed by atoms with Gasteiger partial charge in [0, 0.05) is 31.4 Å². The van der Waals surface area contributed by atoms with Crippen molar-refractivity contribution >= 4 is 29.2 Å². The second kappa shape index (κ2) is 8.14. The number of amides is 1. The molecule has 1 fully saturated rings. The van der Waals surface area contributed by atoms with Gasteiger partial charge in [-0.1, -0.05) is 23.7 Å². The van der Waals surface area contributed by atoms with Crippen LogP contribution in [0.2, 0.25) is 5.15 Å². The molecule has 2 aromatic rings. The molecule has 138 valence electrons. The highest BCUT2D eigenvalue weighted by Crippen LogP contribution is 2.26. The summed E-state index contributed by atoms with van der Waals surface area (Å²) in [5.41, 5.74) is 2.03. The molecule has 8 heteroatoms. The van der Waals surface area contributed by atoms with Crippen molar-refractivity contribution in [3.05, 3.63) is 47.1 Å². The molecule has 0 radical (unpaired) electrons. The van der Waals surface area contributed by atoms with Gasteiger partial charge < -0.3 is 25.4 Å². The lowest BCUT2D eigenvalue weighted by atomic mass is 10.2. The lowest BCUT2D eigenvalue weighted by Crippen LogP contribution is -2.36. The number of anilines is 2. The fourth-order valence-corrected chi connectivity index (χ4v) is 3.18. The second-order valence-corrected chi connectivity index (χ2v) is 6.50. The van der Waals surface area contributed by atoms with Crippen LogP contribution in [0, 0.1) is 0 Å². The number of benzene rings is 1. The van der Waals surface area contributed by atoms with Crippen LogP contribution in [0.5, 0.6) is 5.75 Å². The van der Waals surface area contributed by atoms with Crippen LogP contribution in [-0.2, 0) is 6.54 Å². The third kappa shape index (κ3) is 4.70. The van der Waals surface area contributed by atoms with E-state index in [1.165, 1.54) is 0 Å². The zero-order valence-electron chi connectivity index (χ0n) is 14.4. The average molecular weight is 377 g/mol. The number of pyridine rings is 1. The van der Waals surface area contributed by atoms with E-state index in [1.807, 2.05) is 30.3 Å². The summed E-state index contributed by atoms with van der Waals surface area (Å²) >= 11 is 6.17. The number of ether oxygens (including phenoxy) is 1. The first-order valence-electron chi connectivity index (χ1n) is 8.32. The van der Waals surface area contributed by atoms with Crippen molar-refractivity contribution in [1.29, 1.82) is 0 Å². The molecule has 0 saturated carbocycles. The highest BCUT2D eigenvalue weighted by Gasteiger charge is 2.24. The normalized spacial score (nSPS) is 16.4. The first-order chi connectivity index (χ1) is 12.5. The third-order valence-electron chi connectivity index (χ3n) is 4.29. The number of halogens is 1. The monoisotopic (exact) mass is 376 g/mol. The molecule has 3 rings (SSSR count). The van der Waals surface area contributed by atoms with Crippen LogP contribution in [0.25, 0.3) is 0 Å². The minimum atomic E-state index is -0.994. The van der Waals surface area contributed by atoms with Crippen LogP contribution in [0.15, 0.2) is 36.4 Å². The summed E-state index contributed by atoms with van der Waals surface area (Å²) in [5, 5.41) is 15.1. The Hall–Kier alpha value is -2.67. The first kappa shape index (κ1) is 18.1. The predicted octanol–water partition coefficient (Wildman–Crippen LogP) is 3.20. The Balaban J connectivity index is 1.64. The zero-order chi connectivity index (χ0) is 18.5. The van der Waals surface area contributed by atoms with Gasteiger partial charge in [0.1, 0.15) is 16.7 Å². The van der Waals surface area contributed by atoms with Crippen LogP contribution in [0.4, 0.5) is 16.3 Å². The molecule has 7 nitrogen and oxygen atoms in total. The van der Waals surface area contributed by atoms with Crippen molar-refractivity contribution in [2.24, 2.45) is 0 Å². The summed E-state index contributed by atoms with van der Waals surface area (Å²) in [7, 11) is 1.64. The number of carbonyl (C=O) groups is 1. The van der Waals surface area contributed by atoms with E-state index in [1.54, 1.807) is 13.2 Å². The van der Waals surface area contributed by atoms with E-state index in [4.69, 9.17) is 21.4 Å². The number of rotatable bonds is 6. The van der Waals surface area contributed by atoms with Crippen LogP contribution in [0.1, 0.15) is 12.0 Å². The fourth-order valence-electron chi connectivity index (χ4n) is 2.98. The van der Waals surface area contributed by atoms with Crippen LogP contribution in [-0.4, -0.2) is 42.4 Å². The van der Waals surface area contributed by atoms with Crippen LogP contribution < -0.4 is 20.3 Å². The number of carboxylic acid groups (broad SMARTS) is 1. The van der Waals surface area contributed by atoms with Crippen LogP contribution in [0.3, 0.4) is 0 Å². The summed E-state index contributed by atoms with van der Waals surface area (Å²) in [5.74, 6) is 1.49. The van der Waals surface area contributed by atoms with Gasteiger partial charge in [-0.05, 0) is 30.2 Å². The van der Waals surface area contributed by atoms with E-state index < -0.39 is 6.09 Å². The maximum atomic E-state index is 10.8. The van der Waals surface area contributed by atoms with Crippen molar-refractivity contribution in [2.75, 3.05) is 30.4 Å². The summed E-state index contributed by atoms with van der Waals surface area (Å²) in [6.45, 7) is 1.99. The highest BCUT2D eigenvalue weighted by molar-refractivity contribution is 6.29. The summed E-state index contributed by atoms with van der Waals surface area (Å²) in [6, 6.07) is 11.4. The molecule has 1 amide bonds. The maximum absolute atomic E-state index is 10.8. The van der Waals surface area contributed by atoms with Gasteiger partial charge >= 0.3 is 6.09 Å². The number of nitrogens with one attached hydrogen (secondary N) is 2. The molecule has 0 bridgehead atoms. The van der Waals surface area contributed by atoms with Crippen molar-refractivity contribution in [2.45, 2.75) is 19.0 Å². The number of hydrogen-bond acceptors (Lipinski definition) is 5. The Morgan fingerprint density at radius 1 is 1.38 bits per heavy atom. The molecule has 1 aromatic carbocycles. The summed E-state index contributed by atoms with van der Waals surface area (Å²) in [4.78, 5) is 17.2. The number of aromatic nitrogens is 1. The Kier molecular flexibility index (Phi) is 5.68. The van der Waals surface area contributed by atoms with E-state index in [2.05, 4.69) is 20.5 Å². The molecule has 1 saturated heterocycles. The Morgan fingerprint density at radius 2 is 2.15 bits per heavy atom. The van der Waals surface area contributed by atoms with Crippen LogP contribution >= 0.6 is 11.6 Å². The van der Waals surface area contributed by atoms with Gasteiger partial charge in [-0.15, -0.1) is 0 Å². The summed E-state index contributed by atoms with van der Waals surface area (Å²) in [6.07, 6.45) is -0.229. The Bertz CT molecular complexity index is 770. The van der Waals surface area contributed by atoms with Crippen molar-refractivity contribution in [3.63, 3.8) is 0 Å². The molecule has 1 atom stereocenters. The molecule has 26 heavy (non-hydrogen) atoms. The highest BCUT2D eigenvalue weighted by atomic mass is 35.5. The van der Waals surface area contributed by atoms with Gasteiger partial charge in [0.25, 0.3) is 0 Å². The van der Waals surface area contributed by atoms with E-state index in [-0.39, 0.29) is 6.04 Å². The van der Waals surface area contributed by atoms with Crippen molar-refractivity contribution < 1.29 is 14.6 Å². The van der Waals surface area contributed by atoms with E-state index >= 15 is 0 Å². The summed E-state index contributed by atoms with van der Waals surface area (Å²) < 4.78 is 5.16. The van der Waals surface area contributed by atoms with Gasteiger partial charge in [0.05, 0.1) is 13.2 Å². The molecule has 3 N–H and O–H groups in total. The standard InChI is InChI=1S/C18H21ClN4O3/c1-26-15-4-2-12(3-5-15)10-20-17-9-14(8-16(19)22-17)23-7-6-13(11-23)21-18(24)25/h2-5,8-9,13,21H,6-7,10-11H2,1H3,(H,20,22)(H,24,25)/t13-/m1/s1. The smallest absolute Gasteiger partial charge is 0.404 e. The molecule has 1 aliphatic heterocycles. The minimum absolute atomic E-state index is 0.0739. The van der Waals surface area contributed by atoms with Gasteiger partial charge in [-0.3, -0.25) is 0 Å². The van der Waals surface area contributed by atoms with Gasteiger partial charge in [-0.25, -0.2) is 9.78 Å². The third-order valence-corrected chi connectivity index (χ3v) is 4.49. The molecule has 1 aromatic heterocycles. The minimum Gasteiger partial charge on any atom is -0.497 e. The lowest BCUT2D eigenvalue weighted by Gasteiger charge is -2.20. The van der Waals surface area contributed by atoms with Gasteiger partial charge in [0.15, 0.2) is 0 Å². The maximum Gasteiger partial charge on any atom is 0.404 e. The number of hydrogen-bond donors (Lipinski definition) is 3. The van der Waals surface area contributed by atoms with E-state index in [0.29, 0.717) is 24.1 Å². The average Bonchev–Trinajstić information content (AvgIpc) is 3.08. The number of methoxy groups -OCH3 is 1. The predicted molar refractivity (Wildman–Crippen MR) is 101 cm³/mol. The molecule has 0 spiro atoms. The fraction of sp³-hybridized carbons (Fsp3) is 0.333. The molecular weight excluding hydrogens is 356 g/mol. The van der Waals surface area contributed by atoms with E-state index in [9.17, 15) is 4.79 Å². The van der Waals surface area contributed by atoms with E-state index in [0.717, 1.165) is 30.0 Å². The zero-order valence-corrected chi connectivity index (χ0v) is 15.2. The molecule has 0 aliphatic carbocycles. The quantitative estimate of drug-likeness (QED) is 0.671. The molecule has 1 aliphatic rings.